The van der Waals surface area contributed by atoms with E-state index in [0.717, 1.165) is 0 Å². The fourth-order valence-electron chi connectivity index (χ4n) is 0.680. The highest BCUT2D eigenvalue weighted by Gasteiger charge is 1.98. The zero-order chi connectivity index (χ0) is 7.61. The van der Waals surface area contributed by atoms with E-state index in [0.29, 0.717) is 4.90 Å². The van der Waals surface area contributed by atoms with Crippen LogP contribution in [0.2, 0.25) is 0 Å². The Morgan fingerprint density at radius 1 is 1.27 bits per heavy atom. The first kappa shape index (κ1) is 10.5. The van der Waals surface area contributed by atoms with Gasteiger partial charge in [0.15, 0.2) is 0 Å². The van der Waals surface area contributed by atoms with Gasteiger partial charge >= 0.3 is 0 Å². The molecule has 0 saturated heterocycles. The van der Waals surface area contributed by atoms with Crippen molar-refractivity contribution in [2.24, 2.45) is 0 Å². The Balaban J connectivity index is 0.000001000. The highest BCUT2D eigenvalue weighted by molar-refractivity contribution is 7.91. The number of benzene rings is 1. The Bertz CT molecular complexity index is 304. The summed E-state index contributed by atoms with van der Waals surface area (Å²) in [6, 6.07) is 8.82. The van der Waals surface area contributed by atoms with Gasteiger partial charge in [0.1, 0.15) is 0 Å². The summed E-state index contributed by atoms with van der Waals surface area (Å²) in [4.78, 5) is 0.593. The summed E-state index contributed by atoms with van der Waals surface area (Å²) in [7, 11) is -2.50. The Morgan fingerprint density at radius 2 is 1.73 bits per heavy atom. The van der Waals surface area contributed by atoms with E-state index in [1.165, 1.54) is 6.26 Å². The molecular formula is C7H11NOS2. The molecule has 0 unspecified atom stereocenters. The second-order valence-corrected chi connectivity index (χ2v) is 4.32. The van der Waals surface area contributed by atoms with Gasteiger partial charge in [-0.3, -0.25) is 0 Å². The Kier molecular flexibility index (Phi) is 3.62. The van der Waals surface area contributed by atoms with Crippen molar-refractivity contribution in [2.75, 3.05) is 6.26 Å². The third-order valence-corrected chi connectivity index (χ3v) is 2.36. The molecule has 1 N–H and O–H groups in total. The largest absolute Gasteiger partial charge is 0.249 e. The summed E-state index contributed by atoms with van der Waals surface area (Å²) in [6.07, 6.45) is 1.42. The van der Waals surface area contributed by atoms with Crippen LogP contribution in [-0.4, -0.2) is 10.5 Å². The summed E-state index contributed by atoms with van der Waals surface area (Å²) >= 11 is 0. The average molecular weight is 189 g/mol. The molecule has 1 aromatic carbocycles. The van der Waals surface area contributed by atoms with Gasteiger partial charge in [-0.2, -0.15) is 13.5 Å². The molecule has 0 aliphatic carbocycles. The van der Waals surface area contributed by atoms with Crippen LogP contribution in [0.25, 0.3) is 0 Å². The van der Waals surface area contributed by atoms with E-state index in [4.69, 9.17) is 4.78 Å². The molecule has 0 heterocycles. The van der Waals surface area contributed by atoms with E-state index in [1.54, 1.807) is 24.3 Å². The summed E-state index contributed by atoms with van der Waals surface area (Å²) < 4.78 is 18.3. The molecule has 0 fully saturated rings. The van der Waals surface area contributed by atoms with Crippen LogP contribution in [0.5, 0.6) is 0 Å². The van der Waals surface area contributed by atoms with Crippen LogP contribution >= 0.6 is 13.5 Å². The minimum atomic E-state index is -2.50. The average Bonchev–Trinajstić information content (AvgIpc) is 1.88. The molecule has 0 amide bonds. The van der Waals surface area contributed by atoms with Gasteiger partial charge in [0, 0.05) is 11.2 Å². The molecule has 1 rings (SSSR count). The minimum absolute atomic E-state index is 0. The van der Waals surface area contributed by atoms with Crippen LogP contribution in [0, 0.1) is 4.78 Å². The number of nitrogens with one attached hydrogen (secondary N) is 1. The van der Waals surface area contributed by atoms with E-state index >= 15 is 0 Å². The molecule has 0 aliphatic heterocycles. The minimum Gasteiger partial charge on any atom is -0.249 e. The molecule has 4 heteroatoms. The van der Waals surface area contributed by atoms with E-state index in [2.05, 4.69) is 0 Å². The normalized spacial score (nSPS) is 14.6. The van der Waals surface area contributed by atoms with Crippen LogP contribution in [0.4, 0.5) is 0 Å². The molecular weight excluding hydrogens is 178 g/mol. The molecule has 0 bridgehead atoms. The van der Waals surface area contributed by atoms with E-state index in [-0.39, 0.29) is 13.5 Å². The Morgan fingerprint density at radius 3 is 2.00 bits per heavy atom. The van der Waals surface area contributed by atoms with Crippen LogP contribution < -0.4 is 0 Å². The maximum absolute atomic E-state index is 11.1. The zero-order valence-corrected chi connectivity index (χ0v) is 8.02. The predicted molar refractivity (Wildman–Crippen MR) is 51.9 cm³/mol. The van der Waals surface area contributed by atoms with Gasteiger partial charge in [-0.15, -0.1) is 0 Å². The van der Waals surface area contributed by atoms with Crippen molar-refractivity contribution >= 4 is 23.2 Å². The fraction of sp³-hybridized carbons (Fsp3) is 0.143. The van der Waals surface area contributed by atoms with E-state index in [9.17, 15) is 4.21 Å². The van der Waals surface area contributed by atoms with Crippen molar-refractivity contribution in [3.05, 3.63) is 30.3 Å². The molecule has 0 aliphatic rings. The Labute approximate surface area is 74.1 Å². The smallest absolute Gasteiger partial charge is 0.0696 e. The van der Waals surface area contributed by atoms with Crippen molar-refractivity contribution < 1.29 is 4.21 Å². The van der Waals surface area contributed by atoms with Crippen molar-refractivity contribution in [2.45, 2.75) is 4.90 Å². The number of hydrogen-bond donors (Lipinski definition) is 1. The maximum atomic E-state index is 11.1. The molecule has 1 aromatic rings. The van der Waals surface area contributed by atoms with Gasteiger partial charge < -0.3 is 0 Å². The molecule has 0 aromatic heterocycles. The molecule has 0 saturated carbocycles. The van der Waals surface area contributed by atoms with Crippen LogP contribution in [0.3, 0.4) is 0 Å². The van der Waals surface area contributed by atoms with Gasteiger partial charge in [0.25, 0.3) is 0 Å². The number of rotatable bonds is 1. The molecule has 1 atom stereocenters. The van der Waals surface area contributed by atoms with Crippen LogP contribution in [-0.2, 0) is 9.73 Å². The third kappa shape index (κ3) is 2.95. The van der Waals surface area contributed by atoms with Crippen molar-refractivity contribution in [3.8, 4) is 0 Å². The molecule has 62 valence electrons. The van der Waals surface area contributed by atoms with Gasteiger partial charge in [-0.25, -0.2) is 8.99 Å². The van der Waals surface area contributed by atoms with Gasteiger partial charge in [0.05, 0.1) is 9.73 Å². The molecule has 2 nitrogen and oxygen atoms in total. The van der Waals surface area contributed by atoms with Crippen LogP contribution in [0.1, 0.15) is 0 Å². The van der Waals surface area contributed by atoms with Crippen molar-refractivity contribution in [1.29, 1.82) is 4.78 Å². The highest BCUT2D eigenvalue weighted by Crippen LogP contribution is 2.06. The molecule has 0 radical (unpaired) electrons. The second-order valence-electron chi connectivity index (χ2n) is 2.16. The molecule has 11 heavy (non-hydrogen) atoms. The SMILES string of the molecule is C[S@](=N)(=O)c1ccccc1.S. The van der Waals surface area contributed by atoms with Crippen molar-refractivity contribution in [1.82, 2.24) is 0 Å². The zero-order valence-electron chi connectivity index (χ0n) is 6.20. The quantitative estimate of drug-likeness (QED) is 0.719. The van der Waals surface area contributed by atoms with Gasteiger partial charge in [-0.1, -0.05) is 18.2 Å². The summed E-state index contributed by atoms with van der Waals surface area (Å²) in [5.41, 5.74) is 0. The fourth-order valence-corrected chi connectivity index (χ4v) is 1.36. The lowest BCUT2D eigenvalue weighted by Crippen LogP contribution is -1.92. The predicted octanol–water partition coefficient (Wildman–Crippen LogP) is 1.83. The third-order valence-electron chi connectivity index (χ3n) is 1.19. The lowest BCUT2D eigenvalue weighted by molar-refractivity contribution is 0.679. The topological polar surface area (TPSA) is 40.9 Å². The Hall–Kier alpha value is -0.480. The number of hydrogen-bond acceptors (Lipinski definition) is 2. The van der Waals surface area contributed by atoms with Gasteiger partial charge in [0.2, 0.25) is 0 Å². The van der Waals surface area contributed by atoms with Gasteiger partial charge in [-0.05, 0) is 12.1 Å². The second kappa shape index (κ2) is 3.78. The lowest BCUT2D eigenvalue weighted by Gasteiger charge is -1.97. The first-order valence-corrected chi connectivity index (χ1v) is 4.86. The first-order chi connectivity index (χ1) is 4.61. The van der Waals surface area contributed by atoms with E-state index < -0.39 is 9.73 Å². The summed E-state index contributed by atoms with van der Waals surface area (Å²) in [5.74, 6) is 0. The maximum Gasteiger partial charge on any atom is 0.0696 e. The first-order valence-electron chi connectivity index (χ1n) is 2.89. The lowest BCUT2D eigenvalue weighted by atomic mass is 10.4. The highest BCUT2D eigenvalue weighted by atomic mass is 32.2. The monoisotopic (exact) mass is 189 g/mol. The van der Waals surface area contributed by atoms with E-state index in [1.807, 2.05) is 6.07 Å². The standard InChI is InChI=1S/C7H9NOS.H2S/c1-10(8,9)7-5-3-2-4-6-7;/h2-6,8H,1H3;1H2/t10-;/m0./s1. The van der Waals surface area contributed by atoms with Crippen LogP contribution in [0.15, 0.2) is 35.2 Å². The summed E-state index contributed by atoms with van der Waals surface area (Å²) in [6.45, 7) is 0. The van der Waals surface area contributed by atoms with Crippen molar-refractivity contribution in [3.63, 3.8) is 0 Å². The molecule has 0 spiro atoms. The summed E-state index contributed by atoms with van der Waals surface area (Å²) in [5, 5.41) is 0.